The second-order valence-electron chi connectivity index (χ2n) is 9.13. The largest absolute Gasteiger partial charge is 0.497 e. The Bertz CT molecular complexity index is 1650. The Hall–Kier alpha value is -5.02. The van der Waals surface area contributed by atoms with E-state index < -0.39 is 11.8 Å². The van der Waals surface area contributed by atoms with Gasteiger partial charge < -0.3 is 20.1 Å². The summed E-state index contributed by atoms with van der Waals surface area (Å²) < 4.78 is 10.8. The van der Waals surface area contributed by atoms with Gasteiger partial charge in [0, 0.05) is 27.9 Å². The Morgan fingerprint density at radius 3 is 2.24 bits per heavy atom. The Morgan fingerprint density at radius 1 is 0.780 bits per heavy atom. The first-order chi connectivity index (χ1) is 19.9. The predicted octanol–water partition coefficient (Wildman–Crippen LogP) is 6.25. The number of amides is 3. The number of carbonyl (C=O) groups is 3. The van der Waals surface area contributed by atoms with Crippen molar-refractivity contribution in [1.82, 2.24) is 0 Å². The van der Waals surface area contributed by atoms with Crippen molar-refractivity contribution in [2.75, 3.05) is 29.8 Å². The van der Waals surface area contributed by atoms with Crippen molar-refractivity contribution in [2.24, 2.45) is 0 Å². The predicted molar refractivity (Wildman–Crippen MR) is 161 cm³/mol. The van der Waals surface area contributed by atoms with Gasteiger partial charge in [-0.2, -0.15) is 0 Å². The molecule has 0 atom stereocenters. The number of anilines is 3. The average molecular weight is 566 g/mol. The molecule has 0 bridgehead atoms. The van der Waals surface area contributed by atoms with Gasteiger partial charge in [0.15, 0.2) is 0 Å². The van der Waals surface area contributed by atoms with E-state index in [9.17, 15) is 14.4 Å². The number of hydrogen-bond acceptors (Lipinski definition) is 7. The van der Waals surface area contributed by atoms with Crippen LogP contribution in [0.25, 0.3) is 0 Å². The first kappa shape index (κ1) is 27.5. The van der Waals surface area contributed by atoms with Gasteiger partial charge in [-0.1, -0.05) is 53.7 Å². The Labute approximate surface area is 242 Å². The molecule has 3 amide bonds. The second-order valence-corrected chi connectivity index (χ2v) is 10.2. The van der Waals surface area contributed by atoms with Gasteiger partial charge in [0.1, 0.15) is 22.1 Å². The number of benzene rings is 4. The molecule has 4 aromatic rings. The molecule has 0 spiro atoms. The highest BCUT2D eigenvalue weighted by atomic mass is 32.2. The number of ether oxygens (including phenoxy) is 2. The number of carbonyl (C=O) groups excluding carboxylic acids is 3. The van der Waals surface area contributed by atoms with E-state index >= 15 is 0 Å². The monoisotopic (exact) mass is 565 g/mol. The summed E-state index contributed by atoms with van der Waals surface area (Å²) in [4.78, 5) is 42.3. The summed E-state index contributed by atoms with van der Waals surface area (Å²) in [5.74, 6) is -0.428. The van der Waals surface area contributed by atoms with E-state index in [1.165, 1.54) is 14.2 Å². The third-order valence-corrected chi connectivity index (χ3v) is 7.41. The smallest absolute Gasteiger partial charge is 0.283 e. The number of hydrogen-bond donors (Lipinski definition) is 2. The maximum Gasteiger partial charge on any atom is 0.283 e. The Balaban J connectivity index is 1.49. The lowest BCUT2D eigenvalue weighted by atomic mass is 10.2. The minimum Gasteiger partial charge on any atom is -0.497 e. The molecule has 2 N–H and O–H groups in total. The third kappa shape index (κ3) is 5.95. The van der Waals surface area contributed by atoms with Gasteiger partial charge in [-0.05, 0) is 61.5 Å². The van der Waals surface area contributed by atoms with Crippen molar-refractivity contribution in [2.45, 2.75) is 11.8 Å². The molecule has 0 radical (unpaired) electrons. The summed E-state index contributed by atoms with van der Waals surface area (Å²) in [6.07, 6.45) is 0. The Morgan fingerprint density at radius 2 is 1.54 bits per heavy atom. The molecule has 0 saturated heterocycles. The molecule has 5 rings (SSSR count). The van der Waals surface area contributed by atoms with Crippen LogP contribution in [0.3, 0.4) is 0 Å². The van der Waals surface area contributed by atoms with Gasteiger partial charge in [-0.25, -0.2) is 4.90 Å². The lowest BCUT2D eigenvalue weighted by molar-refractivity contribution is -0.120. The number of methoxy groups -OCH3 is 2. The third-order valence-electron chi connectivity index (χ3n) is 6.34. The number of nitrogens with one attached hydrogen (secondary N) is 2. The molecule has 9 heteroatoms. The quantitative estimate of drug-likeness (QED) is 0.232. The summed E-state index contributed by atoms with van der Waals surface area (Å²) in [6.45, 7) is 1.97. The first-order valence-electron chi connectivity index (χ1n) is 12.7. The topological polar surface area (TPSA) is 97.0 Å². The standard InChI is InChI=1S/C32H27N3O5S/c1-20-12-14-22(15-13-20)33-28-29(32(38)35(31(28)37)26-17-16-24(39-2)19-27(26)40-3)41-25-11-7-10-23(18-25)34-30(36)21-8-5-4-6-9-21/h4-19,33H,1-3H3,(H,34,36). The molecule has 1 aliphatic heterocycles. The minimum absolute atomic E-state index is 0.139. The minimum atomic E-state index is -0.518. The molecule has 0 fully saturated rings. The van der Waals surface area contributed by atoms with Crippen LogP contribution >= 0.6 is 11.8 Å². The van der Waals surface area contributed by atoms with Crippen molar-refractivity contribution in [3.8, 4) is 11.5 Å². The van der Waals surface area contributed by atoms with Gasteiger partial charge in [-0.15, -0.1) is 0 Å². The summed E-state index contributed by atoms with van der Waals surface area (Å²) in [5.41, 5.74) is 3.25. The van der Waals surface area contributed by atoms with Gasteiger partial charge in [0.25, 0.3) is 17.7 Å². The fourth-order valence-corrected chi connectivity index (χ4v) is 5.22. The number of rotatable bonds is 9. The molecule has 206 valence electrons. The molecule has 0 saturated carbocycles. The van der Waals surface area contributed by atoms with Gasteiger partial charge in [0.05, 0.1) is 19.9 Å². The zero-order chi connectivity index (χ0) is 28.9. The van der Waals surface area contributed by atoms with Gasteiger partial charge >= 0.3 is 0 Å². The fraction of sp³-hybridized carbons (Fsp3) is 0.0938. The van der Waals surface area contributed by atoms with Crippen LogP contribution in [0.15, 0.2) is 113 Å². The highest BCUT2D eigenvalue weighted by Gasteiger charge is 2.41. The van der Waals surface area contributed by atoms with Crippen LogP contribution in [-0.2, 0) is 9.59 Å². The normalized spacial score (nSPS) is 12.9. The highest BCUT2D eigenvalue weighted by Crippen LogP contribution is 2.42. The van der Waals surface area contributed by atoms with Crippen LogP contribution in [-0.4, -0.2) is 31.9 Å². The van der Waals surface area contributed by atoms with Crippen molar-refractivity contribution < 1.29 is 23.9 Å². The van der Waals surface area contributed by atoms with E-state index in [2.05, 4.69) is 10.6 Å². The molecule has 8 nitrogen and oxygen atoms in total. The molecule has 0 aromatic heterocycles. The number of aryl methyl sites for hydroxylation is 1. The van der Waals surface area contributed by atoms with Gasteiger partial charge in [-0.3, -0.25) is 14.4 Å². The number of nitrogens with zero attached hydrogens (tertiary/aromatic N) is 1. The van der Waals surface area contributed by atoms with Crippen molar-refractivity contribution in [3.63, 3.8) is 0 Å². The summed E-state index contributed by atoms with van der Waals surface area (Å²) >= 11 is 1.14. The van der Waals surface area contributed by atoms with E-state index in [1.807, 2.05) is 43.3 Å². The van der Waals surface area contributed by atoms with Crippen molar-refractivity contribution in [3.05, 3.63) is 119 Å². The van der Waals surface area contributed by atoms with Crippen LogP contribution in [0, 0.1) is 6.92 Å². The highest BCUT2D eigenvalue weighted by molar-refractivity contribution is 8.04. The first-order valence-corrected chi connectivity index (χ1v) is 13.5. The summed E-state index contributed by atoms with van der Waals surface area (Å²) in [7, 11) is 2.99. The Kier molecular flexibility index (Phi) is 8.07. The molecule has 1 heterocycles. The van der Waals surface area contributed by atoms with Crippen LogP contribution < -0.4 is 25.0 Å². The zero-order valence-electron chi connectivity index (χ0n) is 22.6. The van der Waals surface area contributed by atoms with E-state index in [1.54, 1.807) is 60.7 Å². The molecule has 41 heavy (non-hydrogen) atoms. The lowest BCUT2D eigenvalue weighted by Gasteiger charge is -2.19. The molecule has 0 aliphatic carbocycles. The van der Waals surface area contributed by atoms with Crippen LogP contribution in [0.2, 0.25) is 0 Å². The second kappa shape index (κ2) is 12.0. The summed E-state index contributed by atoms with van der Waals surface area (Å²) in [5, 5.41) is 6.04. The van der Waals surface area contributed by atoms with E-state index in [0.29, 0.717) is 39.0 Å². The van der Waals surface area contributed by atoms with Crippen LogP contribution in [0.4, 0.5) is 17.1 Å². The van der Waals surface area contributed by atoms with E-state index in [0.717, 1.165) is 22.2 Å². The SMILES string of the molecule is COc1ccc(N2C(=O)C(Nc3ccc(C)cc3)=C(Sc3cccc(NC(=O)c4ccccc4)c3)C2=O)c(OC)c1. The zero-order valence-corrected chi connectivity index (χ0v) is 23.5. The van der Waals surface area contributed by atoms with Crippen LogP contribution in [0.5, 0.6) is 11.5 Å². The number of thioether (sulfide) groups is 1. The lowest BCUT2D eigenvalue weighted by Crippen LogP contribution is -2.32. The maximum absolute atomic E-state index is 13.9. The van der Waals surface area contributed by atoms with E-state index in [-0.39, 0.29) is 16.5 Å². The number of imide groups is 1. The average Bonchev–Trinajstić information content (AvgIpc) is 3.22. The maximum atomic E-state index is 13.9. The summed E-state index contributed by atoms with van der Waals surface area (Å²) in [6, 6.07) is 28.4. The molecular weight excluding hydrogens is 538 g/mol. The fourth-order valence-electron chi connectivity index (χ4n) is 4.23. The molecule has 1 aliphatic rings. The van der Waals surface area contributed by atoms with Crippen molar-refractivity contribution >= 4 is 46.5 Å². The van der Waals surface area contributed by atoms with Crippen LogP contribution in [0.1, 0.15) is 15.9 Å². The van der Waals surface area contributed by atoms with E-state index in [4.69, 9.17) is 9.47 Å². The van der Waals surface area contributed by atoms with Crippen molar-refractivity contribution in [1.29, 1.82) is 0 Å². The molecule has 0 unspecified atom stereocenters. The molecular formula is C32H27N3O5S. The molecule has 4 aromatic carbocycles. The van der Waals surface area contributed by atoms with Gasteiger partial charge in [0.2, 0.25) is 0 Å².